The second-order valence-electron chi connectivity index (χ2n) is 9.68. The van der Waals surface area contributed by atoms with Crippen molar-refractivity contribution in [2.45, 2.75) is 50.3 Å². The fraction of sp³-hybridized carbons (Fsp3) is 0.290. The van der Waals surface area contributed by atoms with Gasteiger partial charge < -0.3 is 15.3 Å². The highest BCUT2D eigenvalue weighted by molar-refractivity contribution is 7.99. The number of urea groups is 1. The van der Waals surface area contributed by atoms with E-state index in [-0.39, 0.29) is 17.2 Å². The molecule has 0 fully saturated rings. The summed E-state index contributed by atoms with van der Waals surface area (Å²) in [7, 11) is 0. The zero-order valence-electron chi connectivity index (χ0n) is 22.9. The standard InChI is InChI=1S/C31H33FN4O4S/c1-2-3-4-5-18-36-27-17-16-25(41-19-6-7-21-8-10-22(11-9-21)30(38)39)20-26(27)28(29(36)37)34-35-31(40)33-24-14-12-23(32)13-15-24/h8-17,20H,2-7,18-19H2,1H3,(H,38,39)(H2,33,35,40)/b34-28-. The Morgan fingerprint density at radius 3 is 2.44 bits per heavy atom. The minimum atomic E-state index is -0.937. The van der Waals surface area contributed by atoms with E-state index in [9.17, 15) is 18.8 Å². The third kappa shape index (κ3) is 8.17. The molecular formula is C31H33FN4O4S. The SMILES string of the molecule is CCCCCCN1C(=O)/C(=N\NC(=O)Nc2ccc(F)cc2)c2cc(SCCCc3ccc(C(=O)O)cc3)ccc21. The summed E-state index contributed by atoms with van der Waals surface area (Å²) in [5, 5.41) is 15.8. The Morgan fingerprint density at radius 2 is 1.73 bits per heavy atom. The van der Waals surface area contributed by atoms with E-state index in [0.717, 1.165) is 60.4 Å². The van der Waals surface area contributed by atoms with Crippen LogP contribution in [-0.4, -0.2) is 41.0 Å². The van der Waals surface area contributed by atoms with Crippen LogP contribution >= 0.6 is 11.8 Å². The summed E-state index contributed by atoms with van der Waals surface area (Å²) >= 11 is 1.66. The van der Waals surface area contributed by atoms with Gasteiger partial charge >= 0.3 is 12.0 Å². The smallest absolute Gasteiger partial charge is 0.339 e. The van der Waals surface area contributed by atoms with Crippen LogP contribution in [-0.2, 0) is 11.2 Å². The van der Waals surface area contributed by atoms with Gasteiger partial charge in [-0.05, 0) is 85.2 Å². The lowest BCUT2D eigenvalue weighted by molar-refractivity contribution is -0.112. The van der Waals surface area contributed by atoms with Crippen LogP contribution in [0.15, 0.2) is 76.7 Å². The molecule has 0 aliphatic carbocycles. The maximum Gasteiger partial charge on any atom is 0.339 e. The first-order valence-electron chi connectivity index (χ1n) is 13.7. The van der Waals surface area contributed by atoms with Crippen molar-refractivity contribution >= 4 is 46.8 Å². The number of carbonyl (C=O) groups is 3. The number of nitrogens with one attached hydrogen (secondary N) is 2. The molecular weight excluding hydrogens is 543 g/mol. The van der Waals surface area contributed by atoms with Gasteiger partial charge in [0.25, 0.3) is 5.91 Å². The van der Waals surface area contributed by atoms with Crippen LogP contribution in [0.25, 0.3) is 0 Å². The van der Waals surface area contributed by atoms with Crippen molar-refractivity contribution in [2.24, 2.45) is 5.10 Å². The average molecular weight is 577 g/mol. The molecule has 1 heterocycles. The van der Waals surface area contributed by atoms with E-state index in [1.807, 2.05) is 30.3 Å². The summed E-state index contributed by atoms with van der Waals surface area (Å²) in [6.07, 6.45) is 5.80. The molecule has 3 amide bonds. The van der Waals surface area contributed by atoms with Crippen LogP contribution in [0.4, 0.5) is 20.6 Å². The number of nitrogens with zero attached hydrogens (tertiary/aromatic N) is 2. The predicted molar refractivity (Wildman–Crippen MR) is 160 cm³/mol. The van der Waals surface area contributed by atoms with Crippen molar-refractivity contribution in [1.29, 1.82) is 0 Å². The van der Waals surface area contributed by atoms with Crippen molar-refractivity contribution in [3.05, 3.63) is 89.2 Å². The maximum atomic E-state index is 13.4. The molecule has 0 saturated heterocycles. The van der Waals surface area contributed by atoms with Gasteiger partial charge in [0.1, 0.15) is 5.82 Å². The number of carbonyl (C=O) groups excluding carboxylic acids is 2. The van der Waals surface area contributed by atoms with E-state index in [0.29, 0.717) is 17.8 Å². The van der Waals surface area contributed by atoms with Gasteiger partial charge in [0.15, 0.2) is 5.71 Å². The van der Waals surface area contributed by atoms with E-state index in [4.69, 9.17) is 5.11 Å². The molecule has 0 aromatic heterocycles. The number of rotatable bonds is 13. The molecule has 214 valence electrons. The van der Waals surface area contributed by atoms with Crippen LogP contribution in [0.1, 0.15) is 60.5 Å². The summed E-state index contributed by atoms with van der Waals surface area (Å²) in [5.41, 5.74) is 5.77. The van der Waals surface area contributed by atoms with Gasteiger partial charge in [-0.15, -0.1) is 11.8 Å². The van der Waals surface area contributed by atoms with Gasteiger partial charge in [-0.3, -0.25) is 4.79 Å². The highest BCUT2D eigenvalue weighted by Gasteiger charge is 2.34. The summed E-state index contributed by atoms with van der Waals surface area (Å²) in [5.74, 6) is -0.774. The first-order valence-corrected chi connectivity index (χ1v) is 14.7. The van der Waals surface area contributed by atoms with Gasteiger partial charge in [-0.2, -0.15) is 5.10 Å². The topological polar surface area (TPSA) is 111 Å². The van der Waals surface area contributed by atoms with E-state index in [1.54, 1.807) is 28.8 Å². The number of carboxylic acid groups (broad SMARTS) is 1. The number of benzene rings is 3. The number of anilines is 2. The zero-order chi connectivity index (χ0) is 29.2. The molecule has 0 radical (unpaired) electrons. The molecule has 0 saturated carbocycles. The van der Waals surface area contributed by atoms with Crippen LogP contribution in [0.2, 0.25) is 0 Å². The number of aromatic carboxylic acids is 1. The largest absolute Gasteiger partial charge is 0.478 e. The van der Waals surface area contributed by atoms with Gasteiger partial charge in [-0.1, -0.05) is 38.3 Å². The number of unbranched alkanes of at least 4 members (excludes halogenated alkanes) is 3. The Morgan fingerprint density at radius 1 is 0.976 bits per heavy atom. The van der Waals surface area contributed by atoms with Crippen molar-refractivity contribution in [1.82, 2.24) is 5.43 Å². The number of hydrazone groups is 1. The van der Waals surface area contributed by atoms with Gasteiger partial charge in [0.2, 0.25) is 0 Å². The number of fused-ring (bicyclic) bond motifs is 1. The lowest BCUT2D eigenvalue weighted by atomic mass is 10.1. The summed E-state index contributed by atoms with van der Waals surface area (Å²) < 4.78 is 13.2. The maximum absolute atomic E-state index is 13.4. The molecule has 1 aliphatic rings. The Bertz CT molecular complexity index is 1410. The molecule has 4 rings (SSSR count). The molecule has 0 unspecified atom stereocenters. The van der Waals surface area contributed by atoms with Crippen LogP contribution in [0, 0.1) is 5.82 Å². The Labute approximate surface area is 243 Å². The number of hydrogen-bond donors (Lipinski definition) is 3. The van der Waals surface area contributed by atoms with Crippen molar-refractivity contribution in [3.63, 3.8) is 0 Å². The molecule has 0 spiro atoms. The van der Waals surface area contributed by atoms with Gasteiger partial charge in [0, 0.05) is 22.7 Å². The summed E-state index contributed by atoms with van der Waals surface area (Å²) in [6.45, 7) is 2.71. The normalized spacial score (nSPS) is 13.4. The number of hydrogen-bond acceptors (Lipinski definition) is 5. The Hall–Kier alpha value is -4.18. The lowest BCUT2D eigenvalue weighted by Crippen LogP contribution is -2.33. The van der Waals surface area contributed by atoms with Gasteiger partial charge in [-0.25, -0.2) is 19.4 Å². The molecule has 3 aromatic rings. The van der Waals surface area contributed by atoms with Crippen LogP contribution in [0.5, 0.6) is 0 Å². The Balaban J connectivity index is 1.43. The number of carboxylic acids is 1. The second kappa shape index (κ2) is 14.5. The minimum absolute atomic E-state index is 0.172. The fourth-order valence-corrected chi connectivity index (χ4v) is 5.38. The second-order valence-corrected chi connectivity index (χ2v) is 10.9. The molecule has 10 heteroatoms. The molecule has 0 atom stereocenters. The van der Waals surface area contributed by atoms with E-state index in [1.165, 1.54) is 24.3 Å². The highest BCUT2D eigenvalue weighted by atomic mass is 32.2. The third-order valence-electron chi connectivity index (χ3n) is 6.65. The average Bonchev–Trinajstić information content (AvgIpc) is 3.23. The number of amides is 3. The fourth-order valence-electron chi connectivity index (χ4n) is 4.49. The van der Waals surface area contributed by atoms with Crippen LogP contribution < -0.4 is 15.6 Å². The van der Waals surface area contributed by atoms with Crippen LogP contribution in [0.3, 0.4) is 0 Å². The van der Waals surface area contributed by atoms with E-state index < -0.39 is 17.8 Å². The zero-order valence-corrected chi connectivity index (χ0v) is 23.7. The van der Waals surface area contributed by atoms with Crippen molar-refractivity contribution in [2.75, 3.05) is 22.5 Å². The number of aryl methyl sites for hydroxylation is 1. The van der Waals surface area contributed by atoms with Gasteiger partial charge in [0.05, 0.1) is 11.3 Å². The number of halogens is 1. The van der Waals surface area contributed by atoms with E-state index >= 15 is 0 Å². The third-order valence-corrected chi connectivity index (χ3v) is 7.73. The van der Waals surface area contributed by atoms with Crippen molar-refractivity contribution in [3.8, 4) is 0 Å². The summed E-state index contributed by atoms with van der Waals surface area (Å²) in [6, 6.07) is 17.5. The quantitative estimate of drug-likeness (QED) is 0.119. The van der Waals surface area contributed by atoms with E-state index in [2.05, 4.69) is 22.8 Å². The summed E-state index contributed by atoms with van der Waals surface area (Å²) in [4.78, 5) is 39.5. The number of thioether (sulfide) groups is 1. The molecule has 3 N–H and O–H groups in total. The lowest BCUT2D eigenvalue weighted by Gasteiger charge is -2.16. The monoisotopic (exact) mass is 576 g/mol. The molecule has 3 aromatic carbocycles. The first kappa shape index (κ1) is 29.8. The predicted octanol–water partition coefficient (Wildman–Crippen LogP) is 6.70. The Kier molecular flexibility index (Phi) is 10.5. The first-order chi connectivity index (χ1) is 19.9. The molecule has 41 heavy (non-hydrogen) atoms. The minimum Gasteiger partial charge on any atom is -0.478 e. The van der Waals surface area contributed by atoms with Crippen molar-refractivity contribution < 1.29 is 23.9 Å². The molecule has 1 aliphatic heterocycles. The highest BCUT2D eigenvalue weighted by Crippen LogP contribution is 2.34. The molecule has 0 bridgehead atoms. The molecule has 8 nitrogen and oxygen atoms in total.